The Bertz CT molecular complexity index is 1380. The van der Waals surface area contributed by atoms with Gasteiger partial charge in [0, 0.05) is 30.4 Å². The molecule has 0 fully saturated rings. The molecule has 0 aromatic heterocycles. The topological polar surface area (TPSA) is 80.9 Å². The number of rotatable bonds is 6. The third-order valence-electron chi connectivity index (χ3n) is 7.38. The molecule has 4 heteroatoms. The van der Waals surface area contributed by atoms with Crippen molar-refractivity contribution >= 4 is 0 Å². The van der Waals surface area contributed by atoms with Crippen LogP contribution in [0.5, 0.6) is 23.0 Å². The average molecular weight is 497 g/mol. The molecule has 0 atom stereocenters. The fourth-order valence-corrected chi connectivity index (χ4v) is 5.15. The number of aromatic hydroxyl groups is 4. The lowest BCUT2D eigenvalue weighted by atomic mass is 9.90. The lowest BCUT2D eigenvalue weighted by Crippen LogP contribution is -2.01. The van der Waals surface area contributed by atoms with Crippen LogP contribution in [-0.4, -0.2) is 20.4 Å². The van der Waals surface area contributed by atoms with E-state index in [1.165, 1.54) is 0 Å². The first-order valence-electron chi connectivity index (χ1n) is 12.6. The molecule has 4 aromatic rings. The van der Waals surface area contributed by atoms with Gasteiger partial charge in [0.25, 0.3) is 0 Å². The molecule has 192 valence electrons. The van der Waals surface area contributed by atoms with Gasteiger partial charge in [-0.15, -0.1) is 0 Å². The van der Waals surface area contributed by atoms with Crippen molar-refractivity contribution in [3.05, 3.63) is 115 Å². The summed E-state index contributed by atoms with van der Waals surface area (Å²) in [6.07, 6.45) is 1.19. The maximum absolute atomic E-state index is 11.3. The zero-order valence-electron chi connectivity index (χ0n) is 22.5. The quantitative estimate of drug-likeness (QED) is 0.229. The molecule has 0 aliphatic heterocycles. The van der Waals surface area contributed by atoms with Gasteiger partial charge in [-0.25, -0.2) is 0 Å². The van der Waals surface area contributed by atoms with Crippen molar-refractivity contribution in [2.24, 2.45) is 0 Å². The summed E-state index contributed by atoms with van der Waals surface area (Å²) in [5, 5.41) is 43.8. The standard InChI is InChI=1S/C33H36O4/c1-18-11-24(32(36)26(13-18)16-28-20(3)7-9-22(5)30(28)34)15-25-12-19(2)14-27(33(25)37)17-29-21(4)8-10-23(6)31(29)35/h7-14,34-37H,15-17H2,1-6H3. The molecular weight excluding hydrogens is 460 g/mol. The Morgan fingerprint density at radius 3 is 1.05 bits per heavy atom. The highest BCUT2D eigenvalue weighted by Gasteiger charge is 2.18. The molecule has 0 radical (unpaired) electrons. The summed E-state index contributed by atoms with van der Waals surface area (Å²) < 4.78 is 0. The van der Waals surface area contributed by atoms with Crippen molar-refractivity contribution in [3.8, 4) is 23.0 Å². The lowest BCUT2D eigenvalue weighted by Gasteiger charge is -2.17. The van der Waals surface area contributed by atoms with Crippen LogP contribution in [-0.2, 0) is 19.3 Å². The minimum absolute atomic E-state index is 0.181. The molecule has 0 amide bonds. The molecule has 4 nitrogen and oxygen atoms in total. The molecule has 4 rings (SSSR count). The maximum Gasteiger partial charge on any atom is 0.122 e. The molecule has 0 unspecified atom stereocenters. The van der Waals surface area contributed by atoms with Gasteiger partial charge in [-0.3, -0.25) is 0 Å². The van der Waals surface area contributed by atoms with Crippen molar-refractivity contribution < 1.29 is 20.4 Å². The molecule has 0 saturated heterocycles. The summed E-state index contributed by atoms with van der Waals surface area (Å²) in [6.45, 7) is 11.6. The van der Waals surface area contributed by atoms with Gasteiger partial charge in [-0.2, -0.15) is 0 Å². The fraction of sp³-hybridized carbons (Fsp3) is 0.273. The summed E-state index contributed by atoms with van der Waals surface area (Å²) in [5.74, 6) is 0.886. The van der Waals surface area contributed by atoms with Gasteiger partial charge in [0.15, 0.2) is 0 Å². The van der Waals surface area contributed by atoms with E-state index in [0.717, 1.165) is 66.8 Å². The molecular formula is C33H36O4. The third-order valence-corrected chi connectivity index (χ3v) is 7.38. The zero-order valence-corrected chi connectivity index (χ0v) is 22.5. The maximum atomic E-state index is 11.3. The molecule has 4 aromatic carbocycles. The van der Waals surface area contributed by atoms with Gasteiger partial charge in [-0.1, -0.05) is 59.7 Å². The summed E-state index contributed by atoms with van der Waals surface area (Å²) in [5.41, 5.74) is 10.1. The van der Waals surface area contributed by atoms with E-state index in [-0.39, 0.29) is 23.0 Å². The first-order valence-corrected chi connectivity index (χ1v) is 12.6. The van der Waals surface area contributed by atoms with Crippen LogP contribution in [0.1, 0.15) is 66.8 Å². The van der Waals surface area contributed by atoms with Crippen molar-refractivity contribution in [3.63, 3.8) is 0 Å². The molecule has 0 aliphatic rings. The molecule has 4 N–H and O–H groups in total. The Balaban J connectivity index is 1.72. The molecule has 0 spiro atoms. The van der Waals surface area contributed by atoms with Crippen molar-refractivity contribution in [1.29, 1.82) is 0 Å². The Morgan fingerprint density at radius 1 is 0.405 bits per heavy atom. The number of benzene rings is 4. The van der Waals surface area contributed by atoms with Gasteiger partial charge in [0.05, 0.1) is 0 Å². The van der Waals surface area contributed by atoms with E-state index in [1.54, 1.807) is 0 Å². The van der Waals surface area contributed by atoms with Crippen LogP contribution in [0, 0.1) is 41.5 Å². The third kappa shape index (κ3) is 5.29. The average Bonchev–Trinajstić information content (AvgIpc) is 2.84. The first-order chi connectivity index (χ1) is 17.5. The Morgan fingerprint density at radius 2 is 0.703 bits per heavy atom. The normalized spacial score (nSPS) is 11.2. The van der Waals surface area contributed by atoms with E-state index >= 15 is 0 Å². The van der Waals surface area contributed by atoms with Gasteiger partial charge in [0.1, 0.15) is 23.0 Å². The van der Waals surface area contributed by atoms with Gasteiger partial charge >= 0.3 is 0 Å². The second-order valence-corrected chi connectivity index (χ2v) is 10.4. The Hall–Kier alpha value is -3.92. The Labute approximate surface area is 219 Å². The van der Waals surface area contributed by atoms with E-state index in [0.29, 0.717) is 19.3 Å². The highest BCUT2D eigenvalue weighted by molar-refractivity contribution is 5.55. The van der Waals surface area contributed by atoms with Crippen LogP contribution < -0.4 is 0 Å². The van der Waals surface area contributed by atoms with E-state index in [9.17, 15) is 20.4 Å². The molecule has 37 heavy (non-hydrogen) atoms. The van der Waals surface area contributed by atoms with E-state index in [4.69, 9.17) is 0 Å². The second-order valence-electron chi connectivity index (χ2n) is 10.4. The van der Waals surface area contributed by atoms with Crippen LogP contribution in [0.2, 0.25) is 0 Å². The summed E-state index contributed by atoms with van der Waals surface area (Å²) in [7, 11) is 0. The van der Waals surface area contributed by atoms with Gasteiger partial charge in [0.2, 0.25) is 0 Å². The van der Waals surface area contributed by atoms with Gasteiger partial charge in [-0.05, 0) is 86.1 Å². The minimum atomic E-state index is 0.181. The largest absolute Gasteiger partial charge is 0.507 e. The van der Waals surface area contributed by atoms with E-state index in [1.807, 2.05) is 90.1 Å². The predicted molar refractivity (Wildman–Crippen MR) is 149 cm³/mol. The van der Waals surface area contributed by atoms with E-state index < -0.39 is 0 Å². The van der Waals surface area contributed by atoms with Crippen LogP contribution in [0.25, 0.3) is 0 Å². The number of hydrogen-bond acceptors (Lipinski definition) is 4. The second kappa shape index (κ2) is 10.2. The highest BCUT2D eigenvalue weighted by Crippen LogP contribution is 2.37. The fourth-order valence-electron chi connectivity index (χ4n) is 5.15. The monoisotopic (exact) mass is 496 g/mol. The Kier molecular flexibility index (Phi) is 7.22. The smallest absolute Gasteiger partial charge is 0.122 e. The van der Waals surface area contributed by atoms with Crippen LogP contribution in [0.15, 0.2) is 48.5 Å². The minimum Gasteiger partial charge on any atom is -0.507 e. The zero-order chi connectivity index (χ0) is 27.0. The number of phenolic OH excluding ortho intramolecular Hbond substituents is 4. The summed E-state index contributed by atoms with van der Waals surface area (Å²) in [4.78, 5) is 0. The van der Waals surface area contributed by atoms with Crippen molar-refractivity contribution in [1.82, 2.24) is 0 Å². The predicted octanol–water partition coefficient (Wildman–Crippen LogP) is 7.13. The van der Waals surface area contributed by atoms with Crippen LogP contribution >= 0.6 is 0 Å². The highest BCUT2D eigenvalue weighted by atomic mass is 16.3. The molecule has 0 saturated carbocycles. The summed E-state index contributed by atoms with van der Waals surface area (Å²) in [6, 6.07) is 15.5. The van der Waals surface area contributed by atoms with Crippen LogP contribution in [0.4, 0.5) is 0 Å². The number of aryl methyl sites for hydroxylation is 6. The van der Waals surface area contributed by atoms with Gasteiger partial charge < -0.3 is 20.4 Å². The van der Waals surface area contributed by atoms with E-state index in [2.05, 4.69) is 0 Å². The number of phenols is 4. The van der Waals surface area contributed by atoms with Crippen molar-refractivity contribution in [2.75, 3.05) is 0 Å². The molecule has 0 heterocycles. The van der Waals surface area contributed by atoms with Crippen molar-refractivity contribution in [2.45, 2.75) is 60.8 Å². The first kappa shape index (κ1) is 26.2. The van der Waals surface area contributed by atoms with Crippen LogP contribution in [0.3, 0.4) is 0 Å². The number of hydrogen-bond donors (Lipinski definition) is 4. The SMILES string of the molecule is Cc1cc(Cc2cc(C)cc(Cc3c(C)ccc(C)c3O)c2O)c(O)c(Cc2c(C)ccc(C)c2O)c1. The summed E-state index contributed by atoms with van der Waals surface area (Å²) >= 11 is 0. The lowest BCUT2D eigenvalue weighted by molar-refractivity contribution is 0.453. The molecule has 0 aliphatic carbocycles. The molecule has 0 bridgehead atoms.